The monoisotopic (exact) mass is 340 g/mol. The van der Waals surface area contributed by atoms with Crippen LogP contribution in [-0.4, -0.2) is 34.0 Å². The van der Waals surface area contributed by atoms with Crippen molar-refractivity contribution in [2.24, 2.45) is 0 Å². The third-order valence-corrected chi connectivity index (χ3v) is 5.16. The van der Waals surface area contributed by atoms with E-state index < -0.39 is 10.0 Å². The Kier molecular flexibility index (Phi) is 6.41. The SMILES string of the molecule is COc1ccc(S(=O)(=O)NCCCCCC(=O)NC2CC2)cc1. The molecule has 0 aromatic heterocycles. The summed E-state index contributed by atoms with van der Waals surface area (Å²) in [5.41, 5.74) is 0. The lowest BCUT2D eigenvalue weighted by atomic mass is 10.2. The highest BCUT2D eigenvalue weighted by atomic mass is 32.2. The number of benzene rings is 1. The number of sulfonamides is 1. The maximum Gasteiger partial charge on any atom is 0.240 e. The van der Waals surface area contributed by atoms with Crippen LogP contribution in [0.2, 0.25) is 0 Å². The summed E-state index contributed by atoms with van der Waals surface area (Å²) in [5.74, 6) is 0.722. The Labute approximate surface area is 137 Å². The van der Waals surface area contributed by atoms with Gasteiger partial charge in [0.1, 0.15) is 5.75 Å². The quantitative estimate of drug-likeness (QED) is 0.636. The summed E-state index contributed by atoms with van der Waals surface area (Å²) in [6, 6.07) is 6.67. The van der Waals surface area contributed by atoms with Gasteiger partial charge in [-0.1, -0.05) is 6.42 Å². The molecule has 7 heteroatoms. The summed E-state index contributed by atoms with van der Waals surface area (Å²) in [5, 5.41) is 2.94. The molecule has 2 N–H and O–H groups in total. The minimum absolute atomic E-state index is 0.103. The lowest BCUT2D eigenvalue weighted by Crippen LogP contribution is -2.25. The van der Waals surface area contributed by atoms with Gasteiger partial charge in [-0.2, -0.15) is 0 Å². The van der Waals surface area contributed by atoms with Crippen molar-refractivity contribution in [1.29, 1.82) is 0 Å². The van der Waals surface area contributed by atoms with Crippen LogP contribution in [0.15, 0.2) is 29.2 Å². The molecule has 0 atom stereocenters. The molecule has 0 bridgehead atoms. The van der Waals surface area contributed by atoms with E-state index in [1.807, 2.05) is 0 Å². The maximum absolute atomic E-state index is 12.1. The molecule has 2 rings (SSSR count). The Bertz CT molecular complexity index is 609. The zero-order valence-corrected chi connectivity index (χ0v) is 14.2. The summed E-state index contributed by atoms with van der Waals surface area (Å²) in [6.07, 6.45) is 5.03. The fraction of sp³-hybridized carbons (Fsp3) is 0.562. The Balaban J connectivity index is 1.62. The van der Waals surface area contributed by atoms with E-state index in [1.54, 1.807) is 12.1 Å². The molecule has 1 aliphatic carbocycles. The summed E-state index contributed by atoms with van der Waals surface area (Å²) >= 11 is 0. The summed E-state index contributed by atoms with van der Waals surface area (Å²) in [6.45, 7) is 0.374. The van der Waals surface area contributed by atoms with Crippen LogP contribution in [0.25, 0.3) is 0 Å². The van der Waals surface area contributed by atoms with Gasteiger partial charge in [0.25, 0.3) is 0 Å². The van der Waals surface area contributed by atoms with Crippen molar-refractivity contribution in [2.75, 3.05) is 13.7 Å². The number of carbonyl (C=O) groups excluding carboxylic acids is 1. The Hall–Kier alpha value is -1.60. The van der Waals surface area contributed by atoms with E-state index in [2.05, 4.69) is 10.0 Å². The first kappa shape index (κ1) is 17.7. The first-order valence-corrected chi connectivity index (χ1v) is 9.42. The molecule has 1 fully saturated rings. The standard InChI is InChI=1S/C16H24N2O4S/c1-22-14-8-10-15(11-9-14)23(20,21)17-12-4-2-3-5-16(19)18-13-6-7-13/h8-11,13,17H,2-7,12H2,1H3,(H,18,19). The zero-order chi connectivity index (χ0) is 16.7. The molecule has 0 aliphatic heterocycles. The van der Waals surface area contributed by atoms with Crippen LogP contribution < -0.4 is 14.8 Å². The molecule has 0 saturated heterocycles. The highest BCUT2D eigenvalue weighted by Crippen LogP contribution is 2.19. The molecule has 128 valence electrons. The van der Waals surface area contributed by atoms with Crippen molar-refractivity contribution in [3.8, 4) is 5.75 Å². The second kappa shape index (κ2) is 8.31. The van der Waals surface area contributed by atoms with Crippen molar-refractivity contribution in [2.45, 2.75) is 49.5 Å². The van der Waals surface area contributed by atoms with Crippen molar-refractivity contribution in [3.63, 3.8) is 0 Å². The van der Waals surface area contributed by atoms with Crippen molar-refractivity contribution < 1.29 is 17.9 Å². The predicted octanol–water partition coefficient (Wildman–Crippen LogP) is 1.81. The number of nitrogens with one attached hydrogen (secondary N) is 2. The first-order chi connectivity index (χ1) is 11.0. The molecule has 1 saturated carbocycles. The van der Waals surface area contributed by atoms with Crippen LogP contribution in [-0.2, 0) is 14.8 Å². The van der Waals surface area contributed by atoms with Gasteiger partial charge in [0.05, 0.1) is 12.0 Å². The van der Waals surface area contributed by atoms with E-state index in [9.17, 15) is 13.2 Å². The van der Waals surface area contributed by atoms with Gasteiger partial charge < -0.3 is 10.1 Å². The number of unbranched alkanes of at least 4 members (excludes halogenated alkanes) is 2. The van der Waals surface area contributed by atoms with Gasteiger partial charge in [0.2, 0.25) is 15.9 Å². The molecule has 0 radical (unpaired) electrons. The molecule has 1 aliphatic rings. The van der Waals surface area contributed by atoms with Crippen LogP contribution in [0.1, 0.15) is 38.5 Å². The smallest absolute Gasteiger partial charge is 0.240 e. The lowest BCUT2D eigenvalue weighted by Gasteiger charge is -2.07. The van der Waals surface area contributed by atoms with Gasteiger partial charge in [0.15, 0.2) is 0 Å². The average molecular weight is 340 g/mol. The zero-order valence-electron chi connectivity index (χ0n) is 13.4. The van der Waals surface area contributed by atoms with Crippen molar-refractivity contribution in [1.82, 2.24) is 10.0 Å². The number of ether oxygens (including phenoxy) is 1. The van der Waals surface area contributed by atoms with Gasteiger partial charge in [-0.25, -0.2) is 13.1 Å². The van der Waals surface area contributed by atoms with Gasteiger partial charge >= 0.3 is 0 Å². The molecule has 0 spiro atoms. The second-order valence-corrected chi connectivity index (χ2v) is 7.49. The number of amides is 1. The lowest BCUT2D eigenvalue weighted by molar-refractivity contribution is -0.121. The number of rotatable bonds is 10. The Morgan fingerprint density at radius 2 is 1.87 bits per heavy atom. The molecule has 6 nitrogen and oxygen atoms in total. The normalized spacial score (nSPS) is 14.5. The minimum atomic E-state index is -3.48. The number of carbonyl (C=O) groups is 1. The largest absolute Gasteiger partial charge is 0.497 e. The van der Waals surface area contributed by atoms with Crippen LogP contribution in [0, 0.1) is 0 Å². The minimum Gasteiger partial charge on any atom is -0.497 e. The fourth-order valence-electron chi connectivity index (χ4n) is 2.16. The Morgan fingerprint density at radius 1 is 1.17 bits per heavy atom. The van der Waals surface area contributed by atoms with Crippen molar-refractivity contribution >= 4 is 15.9 Å². The van der Waals surface area contributed by atoms with Gasteiger partial charge in [-0.3, -0.25) is 4.79 Å². The second-order valence-electron chi connectivity index (χ2n) is 5.73. The molecule has 1 aromatic carbocycles. The maximum atomic E-state index is 12.1. The third kappa shape index (κ3) is 6.19. The van der Waals surface area contributed by atoms with E-state index in [-0.39, 0.29) is 10.8 Å². The summed E-state index contributed by atoms with van der Waals surface area (Å²) < 4.78 is 31.8. The van der Waals surface area contributed by atoms with Crippen molar-refractivity contribution in [3.05, 3.63) is 24.3 Å². The molecular weight excluding hydrogens is 316 g/mol. The highest BCUT2D eigenvalue weighted by molar-refractivity contribution is 7.89. The van der Waals surface area contributed by atoms with Crippen LogP contribution in [0.5, 0.6) is 5.75 Å². The molecule has 1 amide bonds. The van der Waals surface area contributed by atoms with Crippen LogP contribution in [0.4, 0.5) is 0 Å². The molecule has 1 aromatic rings. The summed E-state index contributed by atoms with van der Waals surface area (Å²) in [4.78, 5) is 11.7. The van der Waals surface area contributed by atoms with E-state index >= 15 is 0 Å². The summed E-state index contributed by atoms with van der Waals surface area (Å²) in [7, 11) is -1.95. The van der Waals surface area contributed by atoms with Gasteiger partial charge in [-0.05, 0) is 49.9 Å². The Morgan fingerprint density at radius 3 is 2.48 bits per heavy atom. The number of methoxy groups -OCH3 is 1. The van der Waals surface area contributed by atoms with E-state index in [1.165, 1.54) is 19.2 Å². The molecule has 0 heterocycles. The molecular formula is C16H24N2O4S. The third-order valence-electron chi connectivity index (χ3n) is 3.68. The van der Waals surface area contributed by atoms with Gasteiger partial charge in [0, 0.05) is 19.0 Å². The first-order valence-electron chi connectivity index (χ1n) is 7.94. The number of hydrogen-bond acceptors (Lipinski definition) is 4. The van der Waals surface area contributed by atoms with E-state index in [0.29, 0.717) is 31.2 Å². The van der Waals surface area contributed by atoms with Crippen LogP contribution in [0.3, 0.4) is 0 Å². The van der Waals surface area contributed by atoms with Gasteiger partial charge in [-0.15, -0.1) is 0 Å². The average Bonchev–Trinajstić information content (AvgIpc) is 3.34. The van der Waals surface area contributed by atoms with E-state index in [0.717, 1.165) is 25.7 Å². The fourth-order valence-corrected chi connectivity index (χ4v) is 3.23. The van der Waals surface area contributed by atoms with E-state index in [4.69, 9.17) is 4.74 Å². The van der Waals surface area contributed by atoms with Crippen LogP contribution >= 0.6 is 0 Å². The predicted molar refractivity (Wildman–Crippen MR) is 87.8 cm³/mol. The topological polar surface area (TPSA) is 84.5 Å². The number of hydrogen-bond donors (Lipinski definition) is 2. The molecule has 0 unspecified atom stereocenters. The highest BCUT2D eigenvalue weighted by Gasteiger charge is 2.22. The molecule has 23 heavy (non-hydrogen) atoms.